The number of rotatable bonds is 1. The highest BCUT2D eigenvalue weighted by molar-refractivity contribution is 5.81. The first-order valence-corrected chi connectivity index (χ1v) is 4.16. The van der Waals surface area contributed by atoms with Crippen LogP contribution < -0.4 is 5.73 Å². The number of piperidine rings is 3. The maximum Gasteiger partial charge on any atom is 0.235 e. The molecule has 3 heterocycles. The molecule has 1 atom stereocenters. The van der Waals surface area contributed by atoms with Crippen LogP contribution in [-0.4, -0.2) is 29.9 Å². The lowest BCUT2D eigenvalue weighted by Crippen LogP contribution is -2.54. The van der Waals surface area contributed by atoms with Crippen LogP contribution in [0.15, 0.2) is 0 Å². The smallest absolute Gasteiger partial charge is 0.235 e. The fraction of sp³-hybridized carbons (Fsp3) is 0.750. The zero-order chi connectivity index (χ0) is 7.84. The van der Waals surface area contributed by atoms with E-state index in [-0.39, 0.29) is 11.9 Å². The van der Waals surface area contributed by atoms with Crippen molar-refractivity contribution in [2.24, 2.45) is 11.7 Å². The number of hydrogen-bond donors (Lipinski definition) is 1. The monoisotopic (exact) mass is 153 g/mol. The summed E-state index contributed by atoms with van der Waals surface area (Å²) in [4.78, 5) is 13.1. The predicted octanol–water partition coefficient (Wildman–Crippen LogP) is -0.230. The van der Waals surface area contributed by atoms with E-state index in [2.05, 4.69) is 11.3 Å². The molecular formula is C8H13N2O. The van der Waals surface area contributed by atoms with Crippen LogP contribution in [0, 0.1) is 12.3 Å². The number of primary amides is 1. The third-order valence-corrected chi connectivity index (χ3v) is 2.71. The summed E-state index contributed by atoms with van der Waals surface area (Å²) in [5, 5.41) is 0. The quantitative estimate of drug-likeness (QED) is 0.565. The topological polar surface area (TPSA) is 46.3 Å². The second kappa shape index (κ2) is 2.48. The molecule has 3 saturated heterocycles. The third-order valence-electron chi connectivity index (χ3n) is 2.71. The Balaban J connectivity index is 2.08. The zero-order valence-corrected chi connectivity index (χ0v) is 6.49. The maximum atomic E-state index is 10.9. The molecule has 61 valence electrons. The Morgan fingerprint density at radius 1 is 1.45 bits per heavy atom. The van der Waals surface area contributed by atoms with Crippen LogP contribution in [-0.2, 0) is 4.79 Å². The van der Waals surface area contributed by atoms with E-state index in [4.69, 9.17) is 5.73 Å². The van der Waals surface area contributed by atoms with Gasteiger partial charge in [0.2, 0.25) is 5.91 Å². The summed E-state index contributed by atoms with van der Waals surface area (Å²) in [7, 11) is 0. The van der Waals surface area contributed by atoms with Crippen LogP contribution in [0.2, 0.25) is 0 Å². The van der Waals surface area contributed by atoms with Gasteiger partial charge in [-0.25, -0.2) is 0 Å². The summed E-state index contributed by atoms with van der Waals surface area (Å²) in [6.07, 6.45) is 4.53. The Kier molecular flexibility index (Phi) is 1.60. The number of nitrogens with two attached hydrogens (primary N) is 1. The summed E-state index contributed by atoms with van der Waals surface area (Å²) in [6, 6.07) is -0.0671. The largest absolute Gasteiger partial charge is 0.368 e. The summed E-state index contributed by atoms with van der Waals surface area (Å²) in [5.74, 6) is 0.465. The molecule has 0 saturated carbocycles. The minimum absolute atomic E-state index is 0.0671. The van der Waals surface area contributed by atoms with Gasteiger partial charge in [0, 0.05) is 0 Å². The molecule has 3 aliphatic heterocycles. The van der Waals surface area contributed by atoms with E-state index in [0.717, 1.165) is 13.1 Å². The van der Waals surface area contributed by atoms with Crippen LogP contribution in [0.25, 0.3) is 0 Å². The van der Waals surface area contributed by atoms with Gasteiger partial charge in [0.25, 0.3) is 0 Å². The van der Waals surface area contributed by atoms with E-state index in [9.17, 15) is 4.79 Å². The van der Waals surface area contributed by atoms with Gasteiger partial charge in [-0.05, 0) is 38.3 Å². The lowest BCUT2D eigenvalue weighted by atomic mass is 9.83. The minimum atomic E-state index is -0.186. The normalized spacial score (nSPS) is 42.4. The molecule has 2 N–H and O–H groups in total. The summed E-state index contributed by atoms with van der Waals surface area (Å²) in [6.45, 7) is 2.10. The highest BCUT2D eigenvalue weighted by Gasteiger charge is 2.36. The number of amides is 1. The molecule has 0 spiro atoms. The van der Waals surface area contributed by atoms with Gasteiger partial charge in [-0.3, -0.25) is 9.69 Å². The van der Waals surface area contributed by atoms with Gasteiger partial charge in [0.15, 0.2) is 0 Å². The molecule has 11 heavy (non-hydrogen) atoms. The van der Waals surface area contributed by atoms with E-state index in [0.29, 0.717) is 5.92 Å². The van der Waals surface area contributed by atoms with Crippen molar-refractivity contribution in [2.45, 2.75) is 18.9 Å². The van der Waals surface area contributed by atoms with Crippen molar-refractivity contribution in [3.8, 4) is 0 Å². The van der Waals surface area contributed by atoms with Gasteiger partial charge in [-0.15, -0.1) is 0 Å². The third kappa shape index (κ3) is 1.13. The van der Waals surface area contributed by atoms with Gasteiger partial charge in [-0.2, -0.15) is 0 Å². The Morgan fingerprint density at radius 2 is 2.09 bits per heavy atom. The molecule has 0 aromatic rings. The Hall–Kier alpha value is -0.570. The number of hydrogen-bond acceptors (Lipinski definition) is 2. The second-order valence-electron chi connectivity index (χ2n) is 3.41. The molecule has 0 aliphatic carbocycles. The molecule has 0 unspecified atom stereocenters. The van der Waals surface area contributed by atoms with E-state index in [1.165, 1.54) is 12.8 Å². The minimum Gasteiger partial charge on any atom is -0.368 e. The van der Waals surface area contributed by atoms with Crippen LogP contribution in [0.3, 0.4) is 0 Å². The zero-order valence-electron chi connectivity index (χ0n) is 6.49. The van der Waals surface area contributed by atoms with Crippen molar-refractivity contribution in [3.63, 3.8) is 0 Å². The van der Waals surface area contributed by atoms with Crippen molar-refractivity contribution in [1.82, 2.24) is 4.90 Å². The molecule has 3 aliphatic rings. The van der Waals surface area contributed by atoms with Crippen molar-refractivity contribution in [2.75, 3.05) is 13.1 Å². The second-order valence-corrected chi connectivity index (χ2v) is 3.41. The highest BCUT2D eigenvalue weighted by atomic mass is 16.1. The van der Waals surface area contributed by atoms with Crippen LogP contribution in [0.1, 0.15) is 12.8 Å². The predicted molar refractivity (Wildman–Crippen MR) is 41.6 cm³/mol. The van der Waals surface area contributed by atoms with Crippen LogP contribution in [0.4, 0.5) is 0 Å². The molecule has 3 fully saturated rings. The van der Waals surface area contributed by atoms with E-state index < -0.39 is 0 Å². The van der Waals surface area contributed by atoms with Gasteiger partial charge in [-0.1, -0.05) is 0 Å². The number of fused-ring (bicyclic) bond motifs is 3. The first kappa shape index (κ1) is 7.10. The molecule has 0 aromatic carbocycles. The van der Waals surface area contributed by atoms with Crippen LogP contribution in [0.5, 0.6) is 0 Å². The molecule has 3 nitrogen and oxygen atoms in total. The Morgan fingerprint density at radius 3 is 2.36 bits per heavy atom. The van der Waals surface area contributed by atoms with E-state index in [1.807, 2.05) is 0 Å². The van der Waals surface area contributed by atoms with Gasteiger partial charge in [0.05, 0.1) is 6.04 Å². The Labute approximate surface area is 66.5 Å². The first-order valence-electron chi connectivity index (χ1n) is 4.16. The maximum absolute atomic E-state index is 10.9. The molecule has 1 radical (unpaired) electrons. The number of nitrogens with zero attached hydrogens (tertiary/aromatic N) is 1. The fourth-order valence-corrected chi connectivity index (χ4v) is 2.04. The van der Waals surface area contributed by atoms with Gasteiger partial charge < -0.3 is 5.73 Å². The molecule has 3 rings (SSSR count). The molecule has 0 aromatic heterocycles. The highest BCUT2D eigenvalue weighted by Crippen LogP contribution is 2.30. The summed E-state index contributed by atoms with van der Waals surface area (Å²) >= 11 is 0. The standard InChI is InChI=1S/C8H13N2O/c9-8(11)7-5-6-1-3-10(7)4-2-6/h5-7H,1-4H2,(H2,9,11)/t7-/m1/s1. The SMILES string of the molecule is NC(=O)[C@H]1[CH]C2CCN1CC2. The number of carbonyl (C=O) groups excluding carboxylic acids is 1. The average Bonchev–Trinajstić information content (AvgIpc) is 2.06. The lowest BCUT2D eigenvalue weighted by Gasteiger charge is -2.43. The van der Waals surface area contributed by atoms with Gasteiger partial charge in [0.1, 0.15) is 0 Å². The van der Waals surface area contributed by atoms with E-state index >= 15 is 0 Å². The van der Waals surface area contributed by atoms with Crippen molar-refractivity contribution >= 4 is 5.91 Å². The van der Waals surface area contributed by atoms with Crippen molar-refractivity contribution in [3.05, 3.63) is 6.42 Å². The number of carbonyl (C=O) groups is 1. The van der Waals surface area contributed by atoms with Crippen molar-refractivity contribution < 1.29 is 4.79 Å². The molecule has 3 heteroatoms. The fourth-order valence-electron chi connectivity index (χ4n) is 2.04. The summed E-state index contributed by atoms with van der Waals surface area (Å²) in [5.41, 5.74) is 5.24. The average molecular weight is 153 g/mol. The lowest BCUT2D eigenvalue weighted by molar-refractivity contribution is -0.124. The molecule has 1 amide bonds. The Bertz CT molecular complexity index is 173. The summed E-state index contributed by atoms with van der Waals surface area (Å²) < 4.78 is 0. The van der Waals surface area contributed by atoms with Crippen LogP contribution >= 0.6 is 0 Å². The van der Waals surface area contributed by atoms with Crippen molar-refractivity contribution in [1.29, 1.82) is 0 Å². The van der Waals surface area contributed by atoms with Gasteiger partial charge >= 0.3 is 0 Å². The molecule has 2 bridgehead atoms. The first-order chi connectivity index (χ1) is 5.27. The molecular weight excluding hydrogens is 140 g/mol. The van der Waals surface area contributed by atoms with E-state index in [1.54, 1.807) is 0 Å².